The summed E-state index contributed by atoms with van der Waals surface area (Å²) in [6.45, 7) is 7.47. The Morgan fingerprint density at radius 3 is 2.90 bits per heavy atom. The van der Waals surface area contributed by atoms with E-state index in [4.69, 9.17) is 5.73 Å². The van der Waals surface area contributed by atoms with Crippen molar-refractivity contribution >= 4 is 6.03 Å². The Kier molecular flexibility index (Phi) is 3.87. The average Bonchev–Trinajstić information content (AvgIpc) is 2.80. The SMILES string of the molecule is Cc1cccc(C(C(C)N)N2CCN3C(=O)NCC3C2)c1. The largest absolute Gasteiger partial charge is 0.336 e. The Balaban J connectivity index is 1.81. The summed E-state index contributed by atoms with van der Waals surface area (Å²) in [5.74, 6) is 0. The zero-order chi connectivity index (χ0) is 15.0. The Morgan fingerprint density at radius 2 is 2.19 bits per heavy atom. The van der Waals surface area contributed by atoms with Crippen molar-refractivity contribution in [2.45, 2.75) is 32.0 Å². The Bertz CT molecular complexity index is 531. The highest BCUT2D eigenvalue weighted by atomic mass is 16.2. The number of nitrogens with one attached hydrogen (secondary N) is 1. The highest BCUT2D eigenvalue weighted by molar-refractivity contribution is 5.77. The van der Waals surface area contributed by atoms with Gasteiger partial charge in [0.15, 0.2) is 0 Å². The Morgan fingerprint density at radius 1 is 1.38 bits per heavy atom. The molecule has 2 fully saturated rings. The molecular weight excluding hydrogens is 264 g/mol. The summed E-state index contributed by atoms with van der Waals surface area (Å²) in [6, 6.07) is 9.20. The molecule has 0 spiro atoms. The first-order chi connectivity index (χ1) is 10.1. The molecule has 0 radical (unpaired) electrons. The lowest BCUT2D eigenvalue weighted by molar-refractivity contribution is 0.0795. The molecular formula is C16H24N4O. The van der Waals surface area contributed by atoms with E-state index in [1.165, 1.54) is 11.1 Å². The van der Waals surface area contributed by atoms with E-state index in [2.05, 4.69) is 48.3 Å². The monoisotopic (exact) mass is 288 g/mol. The van der Waals surface area contributed by atoms with Crippen molar-refractivity contribution < 1.29 is 4.79 Å². The Hall–Kier alpha value is -1.59. The minimum Gasteiger partial charge on any atom is -0.336 e. The first-order valence-corrected chi connectivity index (χ1v) is 7.67. The number of urea groups is 1. The van der Waals surface area contributed by atoms with Gasteiger partial charge in [0.05, 0.1) is 6.04 Å². The first kappa shape index (κ1) is 14.4. The van der Waals surface area contributed by atoms with Gasteiger partial charge >= 0.3 is 6.03 Å². The van der Waals surface area contributed by atoms with E-state index in [1.54, 1.807) is 0 Å². The number of fused-ring (bicyclic) bond motifs is 1. The molecule has 2 saturated heterocycles. The Labute approximate surface area is 126 Å². The molecule has 3 N–H and O–H groups in total. The van der Waals surface area contributed by atoms with Gasteiger partial charge in [-0.05, 0) is 19.4 Å². The smallest absolute Gasteiger partial charge is 0.317 e. The molecule has 0 aromatic heterocycles. The molecule has 3 unspecified atom stereocenters. The molecule has 3 atom stereocenters. The number of rotatable bonds is 3. The van der Waals surface area contributed by atoms with Gasteiger partial charge in [-0.2, -0.15) is 0 Å². The molecule has 0 aliphatic carbocycles. The first-order valence-electron chi connectivity index (χ1n) is 7.67. The number of aryl methyl sites for hydroxylation is 1. The van der Waals surface area contributed by atoms with Crippen molar-refractivity contribution in [3.05, 3.63) is 35.4 Å². The summed E-state index contributed by atoms with van der Waals surface area (Å²) < 4.78 is 0. The van der Waals surface area contributed by atoms with E-state index in [9.17, 15) is 4.79 Å². The predicted molar refractivity (Wildman–Crippen MR) is 83.0 cm³/mol. The number of amides is 2. The van der Waals surface area contributed by atoms with Crippen LogP contribution >= 0.6 is 0 Å². The van der Waals surface area contributed by atoms with Crippen molar-refractivity contribution in [2.75, 3.05) is 26.2 Å². The average molecular weight is 288 g/mol. The second kappa shape index (κ2) is 5.66. The van der Waals surface area contributed by atoms with Gasteiger partial charge in [0.25, 0.3) is 0 Å². The van der Waals surface area contributed by atoms with Crippen LogP contribution in [0.25, 0.3) is 0 Å². The summed E-state index contributed by atoms with van der Waals surface area (Å²) in [7, 11) is 0. The van der Waals surface area contributed by atoms with Crippen LogP contribution < -0.4 is 11.1 Å². The molecule has 3 rings (SSSR count). The number of nitrogens with two attached hydrogens (primary N) is 1. The van der Waals surface area contributed by atoms with E-state index >= 15 is 0 Å². The number of carbonyl (C=O) groups excluding carboxylic acids is 1. The van der Waals surface area contributed by atoms with Crippen LogP contribution in [0.5, 0.6) is 0 Å². The maximum atomic E-state index is 11.7. The number of carbonyl (C=O) groups is 1. The zero-order valence-electron chi connectivity index (χ0n) is 12.7. The van der Waals surface area contributed by atoms with Crippen LogP contribution in [-0.2, 0) is 0 Å². The highest BCUT2D eigenvalue weighted by Crippen LogP contribution is 2.27. The molecule has 5 heteroatoms. The number of hydrogen-bond acceptors (Lipinski definition) is 3. The molecule has 0 saturated carbocycles. The molecule has 2 amide bonds. The highest BCUT2D eigenvalue weighted by Gasteiger charge is 2.38. The van der Waals surface area contributed by atoms with Gasteiger partial charge in [0, 0.05) is 38.3 Å². The van der Waals surface area contributed by atoms with Gasteiger partial charge < -0.3 is 16.0 Å². The number of benzene rings is 1. The summed E-state index contributed by atoms with van der Waals surface area (Å²) in [6.07, 6.45) is 0. The summed E-state index contributed by atoms with van der Waals surface area (Å²) in [4.78, 5) is 16.1. The molecule has 1 aromatic rings. The van der Waals surface area contributed by atoms with Crippen LogP contribution in [0.4, 0.5) is 4.79 Å². The predicted octanol–water partition coefficient (Wildman–Crippen LogP) is 1.09. The molecule has 2 aliphatic heterocycles. The minimum atomic E-state index is 0.0587. The minimum absolute atomic E-state index is 0.0587. The number of hydrogen-bond donors (Lipinski definition) is 2. The lowest BCUT2D eigenvalue weighted by Crippen LogP contribution is -2.55. The fraction of sp³-hybridized carbons (Fsp3) is 0.562. The number of piperazine rings is 1. The second-order valence-corrected chi connectivity index (χ2v) is 6.25. The van der Waals surface area contributed by atoms with Crippen LogP contribution in [0.3, 0.4) is 0 Å². The van der Waals surface area contributed by atoms with E-state index in [1.807, 2.05) is 4.90 Å². The quantitative estimate of drug-likeness (QED) is 0.875. The molecule has 114 valence electrons. The fourth-order valence-electron chi connectivity index (χ4n) is 3.58. The van der Waals surface area contributed by atoms with Gasteiger partial charge in [-0.15, -0.1) is 0 Å². The van der Waals surface area contributed by atoms with Crippen LogP contribution in [0.15, 0.2) is 24.3 Å². The standard InChI is InChI=1S/C16H24N4O/c1-11-4-3-5-13(8-11)15(12(2)17)19-6-7-20-14(10-19)9-18-16(20)21/h3-5,8,12,14-15H,6-7,9-10,17H2,1-2H3,(H,18,21). The van der Waals surface area contributed by atoms with Crippen LogP contribution in [0, 0.1) is 6.92 Å². The van der Waals surface area contributed by atoms with E-state index < -0.39 is 0 Å². The third kappa shape index (κ3) is 2.76. The van der Waals surface area contributed by atoms with Crippen molar-refractivity contribution in [1.29, 1.82) is 0 Å². The lowest BCUT2D eigenvalue weighted by Gasteiger charge is -2.42. The second-order valence-electron chi connectivity index (χ2n) is 6.25. The maximum absolute atomic E-state index is 11.7. The molecule has 0 bridgehead atoms. The van der Waals surface area contributed by atoms with Crippen LogP contribution in [0.2, 0.25) is 0 Å². The maximum Gasteiger partial charge on any atom is 0.317 e. The topological polar surface area (TPSA) is 61.6 Å². The van der Waals surface area contributed by atoms with Gasteiger partial charge in [0.1, 0.15) is 0 Å². The number of nitrogens with zero attached hydrogens (tertiary/aromatic N) is 2. The van der Waals surface area contributed by atoms with E-state index in [-0.39, 0.29) is 24.2 Å². The van der Waals surface area contributed by atoms with Gasteiger partial charge in [-0.1, -0.05) is 29.8 Å². The zero-order valence-corrected chi connectivity index (χ0v) is 12.7. The van der Waals surface area contributed by atoms with E-state index in [0.29, 0.717) is 0 Å². The van der Waals surface area contributed by atoms with Crippen molar-refractivity contribution in [2.24, 2.45) is 5.73 Å². The summed E-state index contributed by atoms with van der Waals surface area (Å²) in [5.41, 5.74) is 8.81. The van der Waals surface area contributed by atoms with Gasteiger partial charge in [0.2, 0.25) is 0 Å². The fourth-order valence-corrected chi connectivity index (χ4v) is 3.58. The van der Waals surface area contributed by atoms with Crippen molar-refractivity contribution in [3.8, 4) is 0 Å². The van der Waals surface area contributed by atoms with Crippen molar-refractivity contribution in [1.82, 2.24) is 15.1 Å². The van der Waals surface area contributed by atoms with E-state index in [0.717, 1.165) is 26.2 Å². The molecule has 5 nitrogen and oxygen atoms in total. The van der Waals surface area contributed by atoms with Gasteiger partial charge in [-0.25, -0.2) is 4.79 Å². The summed E-state index contributed by atoms with van der Waals surface area (Å²) in [5, 5.41) is 2.93. The third-order valence-corrected chi connectivity index (χ3v) is 4.54. The molecule has 2 heterocycles. The van der Waals surface area contributed by atoms with Crippen LogP contribution in [0.1, 0.15) is 24.1 Å². The summed E-state index contributed by atoms with van der Waals surface area (Å²) >= 11 is 0. The normalized spacial score (nSPS) is 25.4. The third-order valence-electron chi connectivity index (χ3n) is 4.54. The van der Waals surface area contributed by atoms with Crippen molar-refractivity contribution in [3.63, 3.8) is 0 Å². The molecule has 1 aromatic carbocycles. The van der Waals surface area contributed by atoms with Gasteiger partial charge in [-0.3, -0.25) is 4.90 Å². The molecule has 21 heavy (non-hydrogen) atoms. The lowest BCUT2D eigenvalue weighted by atomic mass is 9.96. The molecule has 2 aliphatic rings. The van der Waals surface area contributed by atoms with Crippen LogP contribution in [-0.4, -0.2) is 54.1 Å².